The number of piperazine rings is 1. The second-order valence-corrected chi connectivity index (χ2v) is 16.7. The van der Waals surface area contributed by atoms with Crippen molar-refractivity contribution in [1.82, 2.24) is 34.1 Å². The molecule has 17 heteroatoms. The quantitative estimate of drug-likeness (QED) is 0.135. The summed E-state index contributed by atoms with van der Waals surface area (Å²) >= 11 is 0. The largest absolute Gasteiger partial charge is 0.508 e. The molecule has 330 valence electrons. The molecule has 6 heterocycles. The maximum Gasteiger partial charge on any atom is 0.411 e. The zero-order valence-corrected chi connectivity index (χ0v) is 35.8. The third kappa shape index (κ3) is 6.91. The molecule has 0 saturated carbocycles. The number of carbonyl (C=O) groups is 3. The molecule has 64 heavy (non-hydrogen) atoms. The van der Waals surface area contributed by atoms with Crippen LogP contribution in [0.25, 0.3) is 39.4 Å². The second-order valence-electron chi connectivity index (χ2n) is 16.7. The molecule has 3 aromatic heterocycles. The molecule has 0 unspecified atom stereocenters. The standard InChI is InChI=1S/C47H47N7O10/c1-5-29-31-19-28(55)12-13-36(31)48-41-33(29)23-53-37(41)21-35-34(43(53)59)24-63-44(60)47(35,6-2)64-46(62)52-17-15-51(16-18-52)40(58)14-9-26-7-10-27(11-8-26)54-42(49-50-45(54)61)32-20-30(25(3)4)38(56)22-39(32)57/h7-8,10-13,19-22,25,55-57H,5-6,9,14-18,23-24H2,1-4H3,(H,50,61)/t47-/m1/s1. The van der Waals surface area contributed by atoms with Crippen LogP contribution in [0.4, 0.5) is 4.79 Å². The number of pyridine rings is 2. The fourth-order valence-corrected chi connectivity index (χ4v) is 9.24. The Bertz CT molecular complexity index is 3020. The second kappa shape index (κ2) is 16.0. The van der Waals surface area contributed by atoms with Gasteiger partial charge in [0.2, 0.25) is 11.5 Å². The predicted octanol–water partition coefficient (Wildman–Crippen LogP) is 5.34. The number of benzene rings is 3. The molecular weight excluding hydrogens is 823 g/mol. The number of nitrogens with zero attached hydrogens (tertiary/aromatic N) is 6. The minimum Gasteiger partial charge on any atom is -0.508 e. The van der Waals surface area contributed by atoms with Gasteiger partial charge in [-0.05, 0) is 84.3 Å². The number of aromatic hydroxyl groups is 3. The van der Waals surface area contributed by atoms with E-state index in [1.807, 2.05) is 32.9 Å². The molecular formula is C47H47N7O10. The summed E-state index contributed by atoms with van der Waals surface area (Å²) in [5, 5.41) is 38.6. The average molecular weight is 870 g/mol. The van der Waals surface area contributed by atoms with Crippen molar-refractivity contribution in [1.29, 1.82) is 0 Å². The van der Waals surface area contributed by atoms with Crippen LogP contribution in [0.15, 0.2) is 70.3 Å². The van der Waals surface area contributed by atoms with Crippen molar-refractivity contribution in [3.05, 3.63) is 115 Å². The number of aromatic amines is 1. The van der Waals surface area contributed by atoms with Crippen LogP contribution in [-0.4, -0.2) is 93.6 Å². The van der Waals surface area contributed by atoms with Crippen LogP contribution < -0.4 is 11.2 Å². The lowest BCUT2D eigenvalue weighted by Gasteiger charge is -2.39. The molecule has 1 atom stereocenters. The molecule has 9 rings (SSSR count). The summed E-state index contributed by atoms with van der Waals surface area (Å²) in [6.07, 6.45) is 0.476. The first-order chi connectivity index (χ1) is 30.7. The predicted molar refractivity (Wildman–Crippen MR) is 233 cm³/mol. The number of carbonyl (C=O) groups excluding carboxylic acids is 3. The van der Waals surface area contributed by atoms with Gasteiger partial charge in [-0.1, -0.05) is 39.8 Å². The molecule has 0 spiro atoms. The maximum absolute atomic E-state index is 14.1. The van der Waals surface area contributed by atoms with Gasteiger partial charge in [-0.15, -0.1) is 0 Å². The topological polar surface area (TPSA) is 222 Å². The van der Waals surface area contributed by atoms with Crippen molar-refractivity contribution in [2.24, 2.45) is 0 Å². The molecule has 0 aliphatic carbocycles. The fraction of sp³-hybridized carbons (Fsp3) is 0.340. The smallest absolute Gasteiger partial charge is 0.411 e. The van der Waals surface area contributed by atoms with E-state index in [2.05, 4.69) is 10.2 Å². The number of phenols is 3. The number of nitrogens with one attached hydrogen (secondary N) is 1. The maximum atomic E-state index is 14.1. The van der Waals surface area contributed by atoms with E-state index in [0.29, 0.717) is 41.0 Å². The van der Waals surface area contributed by atoms with Gasteiger partial charge in [0.15, 0.2) is 5.82 Å². The molecule has 0 radical (unpaired) electrons. The summed E-state index contributed by atoms with van der Waals surface area (Å²) in [5.41, 5.74) is 3.50. The summed E-state index contributed by atoms with van der Waals surface area (Å²) in [7, 11) is 0. The number of fused-ring (bicyclic) bond motifs is 5. The third-order valence-electron chi connectivity index (χ3n) is 12.8. The number of esters is 1. The van der Waals surface area contributed by atoms with Gasteiger partial charge in [-0.3, -0.25) is 9.59 Å². The monoisotopic (exact) mass is 869 g/mol. The van der Waals surface area contributed by atoms with Crippen molar-refractivity contribution < 1.29 is 39.2 Å². The minimum atomic E-state index is -1.89. The summed E-state index contributed by atoms with van der Waals surface area (Å²) < 4.78 is 14.6. The summed E-state index contributed by atoms with van der Waals surface area (Å²) in [6, 6.07) is 16.6. The molecule has 2 amide bonds. The van der Waals surface area contributed by atoms with E-state index in [4.69, 9.17) is 14.5 Å². The number of aromatic nitrogens is 5. The SMILES string of the molecule is CCc1c2c(nc3ccc(O)cc13)-c1cc3c(c(=O)n1C2)COC(=O)[C@]3(CC)OC(=O)N1CCN(C(=O)CCc2ccc(-n3c(-c4cc(C(C)C)c(O)cc4O)n[nH]c3=O)cc2)CC1. The Labute approximate surface area is 366 Å². The van der Waals surface area contributed by atoms with Crippen molar-refractivity contribution in [2.45, 2.75) is 78.0 Å². The van der Waals surface area contributed by atoms with E-state index in [1.165, 1.54) is 15.5 Å². The van der Waals surface area contributed by atoms with Gasteiger partial charge in [0.25, 0.3) is 5.56 Å². The number of phenolic OH excluding ortho intramolecular Hbond substituents is 3. The first-order valence-electron chi connectivity index (χ1n) is 21.4. The van der Waals surface area contributed by atoms with Gasteiger partial charge < -0.3 is 39.2 Å². The first kappa shape index (κ1) is 41.9. The van der Waals surface area contributed by atoms with Crippen LogP contribution in [0.2, 0.25) is 0 Å². The Kier molecular flexibility index (Phi) is 10.5. The van der Waals surface area contributed by atoms with E-state index < -0.39 is 23.4 Å². The van der Waals surface area contributed by atoms with E-state index in [0.717, 1.165) is 22.1 Å². The fourth-order valence-electron chi connectivity index (χ4n) is 9.24. The van der Waals surface area contributed by atoms with Gasteiger partial charge in [0.05, 0.1) is 40.3 Å². The van der Waals surface area contributed by atoms with Crippen LogP contribution in [0.1, 0.15) is 79.8 Å². The number of amides is 2. The highest BCUT2D eigenvalue weighted by Crippen LogP contribution is 2.43. The zero-order chi connectivity index (χ0) is 45.2. The number of cyclic esters (lactones) is 1. The lowest BCUT2D eigenvalue weighted by Crippen LogP contribution is -2.54. The molecule has 3 aromatic carbocycles. The van der Waals surface area contributed by atoms with Crippen LogP contribution in [0.5, 0.6) is 17.2 Å². The Balaban J connectivity index is 0.865. The van der Waals surface area contributed by atoms with Crippen LogP contribution in [-0.2, 0) is 50.7 Å². The minimum absolute atomic E-state index is 0.00547. The summed E-state index contributed by atoms with van der Waals surface area (Å²) in [5.74, 6) is -0.923. The zero-order valence-electron chi connectivity index (χ0n) is 35.8. The van der Waals surface area contributed by atoms with Crippen molar-refractivity contribution in [3.8, 4) is 45.7 Å². The average Bonchev–Trinajstić information content (AvgIpc) is 3.85. The third-order valence-corrected chi connectivity index (χ3v) is 12.8. The molecule has 3 aliphatic rings. The Hall–Kier alpha value is -7.43. The molecule has 0 bridgehead atoms. The molecule has 17 nitrogen and oxygen atoms in total. The normalized spacial score (nSPS) is 16.7. The van der Waals surface area contributed by atoms with Crippen LogP contribution >= 0.6 is 0 Å². The molecule has 1 saturated heterocycles. The number of rotatable bonds is 9. The molecule has 6 aromatic rings. The van der Waals surface area contributed by atoms with Gasteiger partial charge >= 0.3 is 17.8 Å². The highest BCUT2D eigenvalue weighted by molar-refractivity contribution is 5.90. The molecule has 1 fully saturated rings. The van der Waals surface area contributed by atoms with Crippen molar-refractivity contribution in [3.63, 3.8) is 0 Å². The molecule has 4 N–H and O–H groups in total. The van der Waals surface area contributed by atoms with Crippen molar-refractivity contribution in [2.75, 3.05) is 26.2 Å². The van der Waals surface area contributed by atoms with Gasteiger partial charge in [0.1, 0.15) is 23.9 Å². The van der Waals surface area contributed by atoms with Gasteiger partial charge in [-0.2, -0.15) is 5.10 Å². The number of hydrogen-bond donors (Lipinski definition) is 4. The van der Waals surface area contributed by atoms with E-state index in [-0.39, 0.29) is 109 Å². The highest BCUT2D eigenvalue weighted by atomic mass is 16.6. The number of aryl methyl sites for hydroxylation is 2. The Morgan fingerprint density at radius 3 is 2.34 bits per heavy atom. The summed E-state index contributed by atoms with van der Waals surface area (Å²) in [6.45, 7) is 8.28. The number of ether oxygens (including phenoxy) is 2. The number of hydrogen-bond acceptors (Lipinski definition) is 12. The first-order valence-corrected chi connectivity index (χ1v) is 21.4. The number of H-pyrrole nitrogens is 1. The molecule has 3 aliphatic heterocycles. The summed E-state index contributed by atoms with van der Waals surface area (Å²) in [4.78, 5) is 76.0. The van der Waals surface area contributed by atoms with E-state index in [9.17, 15) is 39.3 Å². The lowest BCUT2D eigenvalue weighted by atomic mass is 9.85. The van der Waals surface area contributed by atoms with Crippen molar-refractivity contribution >= 4 is 28.9 Å². The van der Waals surface area contributed by atoms with Crippen LogP contribution in [0, 0.1) is 0 Å². The van der Waals surface area contributed by atoms with Gasteiger partial charge in [0, 0.05) is 55.2 Å². The van der Waals surface area contributed by atoms with Gasteiger partial charge in [-0.25, -0.2) is 29.0 Å². The lowest BCUT2D eigenvalue weighted by molar-refractivity contribution is -0.173. The Morgan fingerprint density at radius 1 is 0.906 bits per heavy atom. The van der Waals surface area contributed by atoms with Crippen LogP contribution in [0.3, 0.4) is 0 Å². The van der Waals surface area contributed by atoms with E-state index in [1.54, 1.807) is 58.9 Å². The van der Waals surface area contributed by atoms with E-state index >= 15 is 0 Å². The Morgan fingerprint density at radius 2 is 1.64 bits per heavy atom. The highest BCUT2D eigenvalue weighted by Gasteiger charge is 2.51.